The Labute approximate surface area is 111 Å². The first-order valence-electron chi connectivity index (χ1n) is 6.24. The molecule has 0 bridgehead atoms. The first-order valence-corrected chi connectivity index (χ1v) is 6.24. The van der Waals surface area contributed by atoms with Crippen LogP contribution in [-0.2, 0) is 0 Å². The second-order valence-corrected chi connectivity index (χ2v) is 4.76. The molecular weight excluding hydrogens is 240 g/mol. The van der Waals surface area contributed by atoms with E-state index in [-0.39, 0.29) is 0 Å². The van der Waals surface area contributed by atoms with E-state index in [4.69, 9.17) is 5.26 Å². The number of hydrogen-bond donors (Lipinski definition) is 0. The van der Waals surface area contributed by atoms with E-state index < -0.39 is 0 Å². The molecule has 0 aliphatic carbocycles. The lowest BCUT2D eigenvalue weighted by molar-refractivity contribution is 0.494. The molecule has 1 aliphatic heterocycles. The molecule has 2 aromatic heterocycles. The summed E-state index contributed by atoms with van der Waals surface area (Å²) in [5.41, 5.74) is 1.53. The Bertz CT molecular complexity index is 609. The topological polar surface area (TPSA) is 70.6 Å². The molecular formula is C13H14N6. The van der Waals surface area contributed by atoms with E-state index in [1.54, 1.807) is 6.20 Å². The number of aryl methyl sites for hydroxylation is 1. The van der Waals surface area contributed by atoms with Gasteiger partial charge in [-0.15, -0.1) is 0 Å². The average molecular weight is 254 g/mol. The molecule has 1 saturated heterocycles. The second kappa shape index (κ2) is 4.69. The van der Waals surface area contributed by atoms with Crippen molar-refractivity contribution in [1.29, 1.82) is 5.26 Å². The van der Waals surface area contributed by atoms with Gasteiger partial charge in [0.05, 0.1) is 24.6 Å². The van der Waals surface area contributed by atoms with Gasteiger partial charge >= 0.3 is 0 Å². The Hall–Kier alpha value is -2.42. The van der Waals surface area contributed by atoms with E-state index in [2.05, 4.69) is 26.2 Å². The van der Waals surface area contributed by atoms with Gasteiger partial charge < -0.3 is 4.90 Å². The summed E-state index contributed by atoms with van der Waals surface area (Å²) >= 11 is 0. The van der Waals surface area contributed by atoms with Crippen LogP contribution in [0.3, 0.4) is 0 Å². The third-order valence-corrected chi connectivity index (χ3v) is 3.34. The van der Waals surface area contributed by atoms with Gasteiger partial charge in [0.15, 0.2) is 5.69 Å². The monoisotopic (exact) mass is 254 g/mol. The van der Waals surface area contributed by atoms with E-state index in [0.717, 1.165) is 25.3 Å². The molecule has 2 aromatic rings. The number of hydrogen-bond acceptors (Lipinski definition) is 5. The van der Waals surface area contributed by atoms with Gasteiger partial charge in [-0.1, -0.05) is 0 Å². The lowest BCUT2D eigenvalue weighted by Crippen LogP contribution is -2.22. The average Bonchev–Trinajstić information content (AvgIpc) is 3.07. The van der Waals surface area contributed by atoms with E-state index in [1.807, 2.05) is 23.9 Å². The highest BCUT2D eigenvalue weighted by molar-refractivity contribution is 5.38. The Morgan fingerprint density at radius 2 is 2.21 bits per heavy atom. The van der Waals surface area contributed by atoms with Crippen LogP contribution in [0.2, 0.25) is 0 Å². The molecule has 96 valence electrons. The van der Waals surface area contributed by atoms with Crippen molar-refractivity contribution in [1.82, 2.24) is 19.7 Å². The molecule has 3 heterocycles. The zero-order valence-electron chi connectivity index (χ0n) is 10.7. The van der Waals surface area contributed by atoms with Crippen LogP contribution >= 0.6 is 0 Å². The summed E-state index contributed by atoms with van der Waals surface area (Å²) in [6, 6.07) is 2.36. The van der Waals surface area contributed by atoms with Gasteiger partial charge in [-0.3, -0.25) is 4.68 Å². The smallest absolute Gasteiger partial charge is 0.158 e. The van der Waals surface area contributed by atoms with Crippen molar-refractivity contribution >= 4 is 5.82 Å². The zero-order valence-corrected chi connectivity index (χ0v) is 10.7. The standard InChI is InChI=1S/C13H14N6/c1-10-5-17-19(8-10)12-2-3-18(9-12)13-7-15-11(4-14)6-16-13/h5-8,12H,2-3,9H2,1H3. The van der Waals surface area contributed by atoms with Gasteiger partial charge in [0.1, 0.15) is 11.9 Å². The van der Waals surface area contributed by atoms with Crippen LogP contribution in [0.25, 0.3) is 0 Å². The molecule has 1 fully saturated rings. The van der Waals surface area contributed by atoms with Crippen molar-refractivity contribution in [3.05, 3.63) is 36.0 Å². The maximum Gasteiger partial charge on any atom is 0.158 e. The number of nitrogens with zero attached hydrogens (tertiary/aromatic N) is 6. The van der Waals surface area contributed by atoms with Crippen molar-refractivity contribution in [3.63, 3.8) is 0 Å². The largest absolute Gasteiger partial charge is 0.353 e. The van der Waals surface area contributed by atoms with Crippen LogP contribution in [0.4, 0.5) is 5.82 Å². The molecule has 3 rings (SSSR count). The molecule has 0 saturated carbocycles. The van der Waals surface area contributed by atoms with Gasteiger partial charge in [-0.2, -0.15) is 10.4 Å². The van der Waals surface area contributed by atoms with Crippen molar-refractivity contribution in [3.8, 4) is 6.07 Å². The summed E-state index contributed by atoms with van der Waals surface area (Å²) < 4.78 is 2.02. The number of nitriles is 1. The van der Waals surface area contributed by atoms with E-state index in [0.29, 0.717) is 11.7 Å². The summed E-state index contributed by atoms with van der Waals surface area (Å²) in [5, 5.41) is 13.1. The fraction of sp³-hybridized carbons (Fsp3) is 0.385. The summed E-state index contributed by atoms with van der Waals surface area (Å²) in [7, 11) is 0. The molecule has 6 heteroatoms. The summed E-state index contributed by atoms with van der Waals surface area (Å²) in [6.45, 7) is 3.86. The van der Waals surface area contributed by atoms with Gasteiger partial charge in [-0.25, -0.2) is 9.97 Å². The molecule has 6 nitrogen and oxygen atoms in total. The highest BCUT2D eigenvalue weighted by Crippen LogP contribution is 2.24. The van der Waals surface area contributed by atoms with Crippen LogP contribution in [0.15, 0.2) is 24.8 Å². The molecule has 0 N–H and O–H groups in total. The summed E-state index contributed by atoms with van der Waals surface area (Å²) in [4.78, 5) is 10.5. The van der Waals surface area contributed by atoms with Crippen LogP contribution in [-0.4, -0.2) is 32.8 Å². The predicted octanol–water partition coefficient (Wildman–Crippen LogP) is 1.30. The molecule has 0 aromatic carbocycles. The highest BCUT2D eigenvalue weighted by atomic mass is 15.3. The van der Waals surface area contributed by atoms with Crippen LogP contribution in [0.5, 0.6) is 0 Å². The van der Waals surface area contributed by atoms with Gasteiger partial charge in [-0.05, 0) is 18.9 Å². The lowest BCUT2D eigenvalue weighted by atomic mass is 10.3. The summed E-state index contributed by atoms with van der Waals surface area (Å²) in [6.07, 6.45) is 8.17. The Balaban J connectivity index is 1.73. The molecule has 0 spiro atoms. The van der Waals surface area contributed by atoms with E-state index in [1.165, 1.54) is 11.8 Å². The first kappa shape index (κ1) is 11.7. The van der Waals surface area contributed by atoms with Crippen LogP contribution < -0.4 is 4.90 Å². The number of anilines is 1. The third kappa shape index (κ3) is 2.27. The molecule has 1 aliphatic rings. The van der Waals surface area contributed by atoms with Crippen LogP contribution in [0, 0.1) is 18.3 Å². The SMILES string of the molecule is Cc1cnn(C2CCN(c3cnc(C#N)cn3)C2)c1. The Morgan fingerprint density at radius 1 is 1.32 bits per heavy atom. The third-order valence-electron chi connectivity index (χ3n) is 3.34. The fourth-order valence-electron chi connectivity index (χ4n) is 2.34. The number of aromatic nitrogens is 4. The Morgan fingerprint density at radius 3 is 2.84 bits per heavy atom. The lowest BCUT2D eigenvalue weighted by Gasteiger charge is -2.16. The molecule has 19 heavy (non-hydrogen) atoms. The van der Waals surface area contributed by atoms with Gasteiger partial charge in [0.25, 0.3) is 0 Å². The zero-order chi connectivity index (χ0) is 13.2. The summed E-state index contributed by atoms with van der Waals surface area (Å²) in [5.74, 6) is 0.824. The number of rotatable bonds is 2. The first-order chi connectivity index (χ1) is 9.26. The predicted molar refractivity (Wildman–Crippen MR) is 69.6 cm³/mol. The van der Waals surface area contributed by atoms with Crippen molar-refractivity contribution in [2.45, 2.75) is 19.4 Å². The van der Waals surface area contributed by atoms with E-state index in [9.17, 15) is 0 Å². The second-order valence-electron chi connectivity index (χ2n) is 4.76. The molecule has 1 atom stereocenters. The minimum absolute atomic E-state index is 0.349. The van der Waals surface area contributed by atoms with Crippen molar-refractivity contribution in [2.75, 3.05) is 18.0 Å². The quantitative estimate of drug-likeness (QED) is 0.808. The van der Waals surface area contributed by atoms with Gasteiger partial charge in [0.2, 0.25) is 0 Å². The molecule has 1 unspecified atom stereocenters. The normalized spacial score (nSPS) is 18.5. The molecule has 0 amide bonds. The van der Waals surface area contributed by atoms with E-state index >= 15 is 0 Å². The van der Waals surface area contributed by atoms with Gasteiger partial charge in [0, 0.05) is 19.3 Å². The minimum atomic E-state index is 0.349. The fourth-order valence-corrected chi connectivity index (χ4v) is 2.34. The molecule has 0 radical (unpaired) electrons. The van der Waals surface area contributed by atoms with Crippen molar-refractivity contribution < 1.29 is 0 Å². The van der Waals surface area contributed by atoms with Crippen LogP contribution in [0.1, 0.15) is 23.7 Å². The maximum absolute atomic E-state index is 8.71. The highest BCUT2D eigenvalue weighted by Gasteiger charge is 2.25. The van der Waals surface area contributed by atoms with Crippen molar-refractivity contribution in [2.24, 2.45) is 0 Å². The maximum atomic E-state index is 8.71. The minimum Gasteiger partial charge on any atom is -0.353 e. The Kier molecular flexibility index (Phi) is 2.88.